The number of nitrogens with one attached hydrogen (secondary N) is 1. The largest absolute Gasteiger partial charge is 0.394 e. The Labute approximate surface area is 126 Å². The van der Waals surface area contributed by atoms with Gasteiger partial charge in [-0.2, -0.15) is 0 Å². The Morgan fingerprint density at radius 3 is 2.25 bits per heavy atom. The second kappa shape index (κ2) is 8.35. The van der Waals surface area contributed by atoms with Gasteiger partial charge in [0.05, 0.1) is 6.61 Å². The first-order valence-electron chi connectivity index (χ1n) is 8.49. The maximum Gasteiger partial charge on any atom is 0.0611 e. The van der Waals surface area contributed by atoms with E-state index in [2.05, 4.69) is 44.8 Å². The van der Waals surface area contributed by atoms with Crippen LogP contribution in [0.5, 0.6) is 0 Å². The second-order valence-electron chi connectivity index (χ2n) is 7.59. The van der Waals surface area contributed by atoms with E-state index in [1.54, 1.807) is 0 Å². The van der Waals surface area contributed by atoms with Gasteiger partial charge in [-0.05, 0) is 32.1 Å². The van der Waals surface area contributed by atoms with Crippen molar-refractivity contribution < 1.29 is 5.11 Å². The molecular formula is C17H36N2O. The Bertz CT molecular complexity index is 262. The summed E-state index contributed by atoms with van der Waals surface area (Å²) < 4.78 is 0. The van der Waals surface area contributed by atoms with Crippen molar-refractivity contribution >= 4 is 0 Å². The molecule has 0 aromatic heterocycles. The molecule has 3 nitrogen and oxygen atoms in total. The lowest BCUT2D eigenvalue weighted by Gasteiger charge is -2.36. The molecule has 0 aromatic rings. The lowest BCUT2D eigenvalue weighted by atomic mass is 9.96. The standard InChI is InChI=1S/C17H36N2O/c1-14(2)12-19(16-8-6-7-9-16)11-10-17(5,13-20)18-15(3)4/h14-16,18,20H,6-13H2,1-5H3. The van der Waals surface area contributed by atoms with Gasteiger partial charge < -0.3 is 15.3 Å². The lowest BCUT2D eigenvalue weighted by Crippen LogP contribution is -2.51. The van der Waals surface area contributed by atoms with Crippen LogP contribution in [-0.4, -0.2) is 47.3 Å². The maximum absolute atomic E-state index is 9.71. The van der Waals surface area contributed by atoms with Gasteiger partial charge in [0.15, 0.2) is 0 Å². The molecule has 0 bridgehead atoms. The van der Waals surface area contributed by atoms with Gasteiger partial charge in [0.25, 0.3) is 0 Å². The number of hydrogen-bond donors (Lipinski definition) is 2. The van der Waals surface area contributed by atoms with Gasteiger partial charge in [-0.15, -0.1) is 0 Å². The molecule has 1 atom stereocenters. The fraction of sp³-hybridized carbons (Fsp3) is 1.00. The number of aliphatic hydroxyl groups excluding tert-OH is 1. The minimum atomic E-state index is -0.151. The third kappa shape index (κ3) is 6.11. The monoisotopic (exact) mass is 284 g/mol. The molecule has 120 valence electrons. The fourth-order valence-corrected chi connectivity index (χ4v) is 3.45. The maximum atomic E-state index is 9.71. The van der Waals surface area contributed by atoms with Crippen LogP contribution in [0.2, 0.25) is 0 Å². The van der Waals surface area contributed by atoms with Gasteiger partial charge in [-0.25, -0.2) is 0 Å². The van der Waals surface area contributed by atoms with Crippen molar-refractivity contribution in [1.82, 2.24) is 10.2 Å². The molecule has 2 N–H and O–H groups in total. The zero-order valence-corrected chi connectivity index (χ0v) is 14.3. The second-order valence-corrected chi connectivity index (χ2v) is 7.59. The Morgan fingerprint density at radius 1 is 1.20 bits per heavy atom. The quantitative estimate of drug-likeness (QED) is 0.683. The van der Waals surface area contributed by atoms with Crippen LogP contribution >= 0.6 is 0 Å². The molecule has 0 aliphatic heterocycles. The molecule has 1 unspecified atom stereocenters. The first-order chi connectivity index (χ1) is 9.36. The van der Waals surface area contributed by atoms with Crippen LogP contribution in [0.1, 0.15) is 66.7 Å². The van der Waals surface area contributed by atoms with E-state index in [-0.39, 0.29) is 12.1 Å². The zero-order chi connectivity index (χ0) is 15.2. The van der Waals surface area contributed by atoms with Crippen molar-refractivity contribution in [2.24, 2.45) is 5.92 Å². The van der Waals surface area contributed by atoms with Crippen molar-refractivity contribution in [3.8, 4) is 0 Å². The fourth-order valence-electron chi connectivity index (χ4n) is 3.45. The van der Waals surface area contributed by atoms with E-state index in [1.807, 2.05) is 0 Å². The smallest absolute Gasteiger partial charge is 0.0611 e. The summed E-state index contributed by atoms with van der Waals surface area (Å²) in [7, 11) is 0. The predicted octanol–water partition coefficient (Wildman–Crippen LogP) is 3.03. The molecule has 0 radical (unpaired) electrons. The van der Waals surface area contributed by atoms with Gasteiger partial charge in [0.2, 0.25) is 0 Å². The predicted molar refractivity (Wildman–Crippen MR) is 87.0 cm³/mol. The van der Waals surface area contributed by atoms with Gasteiger partial charge in [0.1, 0.15) is 0 Å². The van der Waals surface area contributed by atoms with Crippen LogP contribution in [0.4, 0.5) is 0 Å². The molecule has 1 rings (SSSR count). The molecule has 1 aliphatic carbocycles. The van der Waals surface area contributed by atoms with Crippen LogP contribution in [0.25, 0.3) is 0 Å². The highest BCUT2D eigenvalue weighted by Crippen LogP contribution is 2.25. The highest BCUT2D eigenvalue weighted by Gasteiger charge is 2.28. The van der Waals surface area contributed by atoms with Crippen molar-refractivity contribution in [1.29, 1.82) is 0 Å². The molecule has 3 heteroatoms. The van der Waals surface area contributed by atoms with Crippen molar-refractivity contribution in [3.63, 3.8) is 0 Å². The van der Waals surface area contributed by atoms with Crippen molar-refractivity contribution in [2.45, 2.75) is 84.3 Å². The molecular weight excluding hydrogens is 248 g/mol. The molecule has 0 spiro atoms. The Hall–Kier alpha value is -0.120. The first-order valence-corrected chi connectivity index (χ1v) is 8.49. The molecule has 1 aliphatic rings. The summed E-state index contributed by atoms with van der Waals surface area (Å²) in [6.07, 6.45) is 6.52. The van der Waals surface area contributed by atoms with Crippen LogP contribution < -0.4 is 5.32 Å². The minimum absolute atomic E-state index is 0.151. The zero-order valence-electron chi connectivity index (χ0n) is 14.3. The van der Waals surface area contributed by atoms with E-state index in [1.165, 1.54) is 32.2 Å². The number of hydrogen-bond acceptors (Lipinski definition) is 3. The molecule has 0 saturated heterocycles. The summed E-state index contributed by atoms with van der Waals surface area (Å²) in [6.45, 7) is 13.6. The Kier molecular flexibility index (Phi) is 7.49. The number of nitrogens with zero attached hydrogens (tertiary/aromatic N) is 1. The molecule has 1 fully saturated rings. The van der Waals surface area contributed by atoms with E-state index < -0.39 is 0 Å². The topological polar surface area (TPSA) is 35.5 Å². The molecule has 0 amide bonds. The first kappa shape index (κ1) is 17.9. The van der Waals surface area contributed by atoms with E-state index in [0.717, 1.165) is 19.0 Å². The van der Waals surface area contributed by atoms with Crippen molar-refractivity contribution in [3.05, 3.63) is 0 Å². The van der Waals surface area contributed by atoms with Gasteiger partial charge in [0, 0.05) is 30.7 Å². The third-order valence-electron chi connectivity index (χ3n) is 4.38. The van der Waals surface area contributed by atoms with Crippen LogP contribution in [0.3, 0.4) is 0 Å². The van der Waals surface area contributed by atoms with E-state index in [0.29, 0.717) is 12.0 Å². The average molecular weight is 284 g/mol. The summed E-state index contributed by atoms with van der Waals surface area (Å²) in [5, 5.41) is 13.2. The average Bonchev–Trinajstić information content (AvgIpc) is 2.87. The summed E-state index contributed by atoms with van der Waals surface area (Å²) in [5.41, 5.74) is -0.151. The summed E-state index contributed by atoms with van der Waals surface area (Å²) in [6, 6.07) is 1.19. The van der Waals surface area contributed by atoms with E-state index in [9.17, 15) is 5.11 Å². The van der Waals surface area contributed by atoms with Gasteiger partial charge in [-0.3, -0.25) is 0 Å². The third-order valence-corrected chi connectivity index (χ3v) is 4.38. The summed E-state index contributed by atoms with van der Waals surface area (Å²) >= 11 is 0. The molecule has 1 saturated carbocycles. The highest BCUT2D eigenvalue weighted by molar-refractivity contribution is 4.87. The van der Waals surface area contributed by atoms with Crippen LogP contribution in [0, 0.1) is 5.92 Å². The SMILES string of the molecule is CC(C)CN(CCC(C)(CO)NC(C)C)C1CCCC1. The van der Waals surface area contributed by atoms with Gasteiger partial charge in [-0.1, -0.05) is 40.5 Å². The summed E-state index contributed by atoms with van der Waals surface area (Å²) in [5.74, 6) is 0.717. The molecule has 0 heterocycles. The van der Waals surface area contributed by atoms with Gasteiger partial charge >= 0.3 is 0 Å². The highest BCUT2D eigenvalue weighted by atomic mass is 16.3. The van der Waals surface area contributed by atoms with Crippen LogP contribution in [-0.2, 0) is 0 Å². The number of rotatable bonds is 9. The van der Waals surface area contributed by atoms with Crippen LogP contribution in [0.15, 0.2) is 0 Å². The molecule has 20 heavy (non-hydrogen) atoms. The van der Waals surface area contributed by atoms with E-state index in [4.69, 9.17) is 0 Å². The van der Waals surface area contributed by atoms with E-state index >= 15 is 0 Å². The summed E-state index contributed by atoms with van der Waals surface area (Å²) in [4.78, 5) is 2.67. The normalized spacial score (nSPS) is 20.2. The lowest BCUT2D eigenvalue weighted by molar-refractivity contribution is 0.115. The minimum Gasteiger partial charge on any atom is -0.394 e. The molecule has 0 aromatic carbocycles. The Balaban J connectivity index is 2.55. The van der Waals surface area contributed by atoms with Crippen molar-refractivity contribution in [2.75, 3.05) is 19.7 Å². The number of aliphatic hydroxyl groups is 1. The Morgan fingerprint density at radius 2 is 1.80 bits per heavy atom.